The molecule has 0 spiro atoms. The van der Waals surface area contributed by atoms with Crippen molar-refractivity contribution < 1.29 is 13.2 Å². The van der Waals surface area contributed by atoms with Gasteiger partial charge in [-0.3, -0.25) is 4.79 Å². The van der Waals surface area contributed by atoms with Crippen molar-refractivity contribution in [2.45, 2.75) is 20.0 Å². The van der Waals surface area contributed by atoms with E-state index in [1.165, 1.54) is 4.31 Å². The first-order valence-corrected chi connectivity index (χ1v) is 9.89. The van der Waals surface area contributed by atoms with E-state index in [2.05, 4.69) is 0 Å². The van der Waals surface area contributed by atoms with Gasteiger partial charge in [-0.15, -0.1) is 0 Å². The smallest absolute Gasteiger partial charge is 0.237 e. The van der Waals surface area contributed by atoms with Crippen LogP contribution in [-0.2, 0) is 27.9 Å². The van der Waals surface area contributed by atoms with Crippen LogP contribution in [0.5, 0.6) is 0 Å². The number of aryl methyl sites for hydroxylation is 1. The summed E-state index contributed by atoms with van der Waals surface area (Å²) in [7, 11) is -1.81. The number of carbonyl (C=O) groups excluding carboxylic acids is 1. The lowest BCUT2D eigenvalue weighted by atomic mass is 10.1. The summed E-state index contributed by atoms with van der Waals surface area (Å²) in [6.45, 7) is 2.41. The van der Waals surface area contributed by atoms with Gasteiger partial charge >= 0.3 is 0 Å². The number of sulfonamides is 1. The maximum atomic E-state index is 12.5. The van der Waals surface area contributed by atoms with Gasteiger partial charge in [0.2, 0.25) is 15.9 Å². The fraction of sp³-hybridized carbons (Fsp3) is 0.316. The molecule has 0 aliphatic rings. The summed E-state index contributed by atoms with van der Waals surface area (Å²) < 4.78 is 25.4. The van der Waals surface area contributed by atoms with Crippen molar-refractivity contribution in [3.05, 3.63) is 71.3 Å². The molecule has 0 atom stereocenters. The van der Waals surface area contributed by atoms with Crippen molar-refractivity contribution in [2.24, 2.45) is 0 Å². The molecule has 2 aromatic carbocycles. The molecule has 2 rings (SSSR count). The zero-order valence-corrected chi connectivity index (χ0v) is 15.7. The molecule has 0 aliphatic heterocycles. The molecule has 0 radical (unpaired) electrons. The minimum absolute atomic E-state index is 0.171. The van der Waals surface area contributed by atoms with Crippen LogP contribution in [0.1, 0.15) is 16.7 Å². The molecule has 0 unspecified atom stereocenters. The average molecular weight is 360 g/mol. The van der Waals surface area contributed by atoms with Crippen molar-refractivity contribution in [2.75, 3.05) is 19.8 Å². The van der Waals surface area contributed by atoms with Crippen LogP contribution in [0.15, 0.2) is 54.6 Å². The summed E-state index contributed by atoms with van der Waals surface area (Å²) in [5.74, 6) is -0.234. The lowest BCUT2D eigenvalue weighted by Crippen LogP contribution is -2.40. The number of amides is 1. The van der Waals surface area contributed by atoms with E-state index in [4.69, 9.17) is 0 Å². The third kappa shape index (κ3) is 5.99. The zero-order valence-electron chi connectivity index (χ0n) is 14.8. The summed E-state index contributed by atoms with van der Waals surface area (Å²) >= 11 is 0. The van der Waals surface area contributed by atoms with Crippen LogP contribution >= 0.6 is 0 Å². The van der Waals surface area contributed by atoms with Gasteiger partial charge in [0, 0.05) is 20.1 Å². The molecule has 0 saturated carbocycles. The van der Waals surface area contributed by atoms with E-state index in [0.717, 1.165) is 22.9 Å². The number of hydrogen-bond acceptors (Lipinski definition) is 3. The van der Waals surface area contributed by atoms with Gasteiger partial charge < -0.3 is 4.90 Å². The van der Waals surface area contributed by atoms with Crippen LogP contribution in [0.25, 0.3) is 0 Å². The minimum atomic E-state index is -3.49. The molecule has 0 aliphatic carbocycles. The first-order valence-electron chi connectivity index (χ1n) is 8.04. The van der Waals surface area contributed by atoms with E-state index in [9.17, 15) is 13.2 Å². The highest BCUT2D eigenvalue weighted by molar-refractivity contribution is 7.88. The predicted molar refractivity (Wildman–Crippen MR) is 99.3 cm³/mol. The number of carbonyl (C=O) groups is 1. The van der Waals surface area contributed by atoms with Crippen molar-refractivity contribution in [1.29, 1.82) is 0 Å². The second-order valence-corrected chi connectivity index (χ2v) is 8.24. The molecule has 6 heteroatoms. The molecule has 0 aromatic heterocycles. The lowest BCUT2D eigenvalue weighted by molar-refractivity contribution is -0.130. The SMILES string of the molecule is Cc1cccc(CN(CC(=O)N(C)Cc2ccccc2)S(C)(=O)=O)c1. The fourth-order valence-corrected chi connectivity index (χ4v) is 3.25. The third-order valence-electron chi connectivity index (χ3n) is 3.91. The molecular weight excluding hydrogens is 336 g/mol. The first kappa shape index (κ1) is 19.1. The summed E-state index contributed by atoms with van der Waals surface area (Å²) in [5, 5.41) is 0. The Labute approximate surface area is 149 Å². The highest BCUT2D eigenvalue weighted by Crippen LogP contribution is 2.11. The Kier molecular flexibility index (Phi) is 6.33. The Morgan fingerprint density at radius 1 is 0.960 bits per heavy atom. The molecule has 0 saturated heterocycles. The molecule has 0 heterocycles. The van der Waals surface area contributed by atoms with Crippen LogP contribution < -0.4 is 0 Å². The van der Waals surface area contributed by atoms with Crippen molar-refractivity contribution in [3.8, 4) is 0 Å². The maximum absolute atomic E-state index is 12.5. The predicted octanol–water partition coefficient (Wildman–Crippen LogP) is 2.42. The fourth-order valence-electron chi connectivity index (χ4n) is 2.52. The highest BCUT2D eigenvalue weighted by Gasteiger charge is 2.22. The Morgan fingerprint density at radius 3 is 2.20 bits per heavy atom. The average Bonchev–Trinajstić information content (AvgIpc) is 2.54. The van der Waals surface area contributed by atoms with Gasteiger partial charge in [0.05, 0.1) is 12.8 Å². The van der Waals surface area contributed by atoms with Crippen LogP contribution in [0, 0.1) is 6.92 Å². The van der Waals surface area contributed by atoms with E-state index in [1.807, 2.05) is 61.5 Å². The Balaban J connectivity index is 2.07. The monoisotopic (exact) mass is 360 g/mol. The number of likely N-dealkylation sites (N-methyl/N-ethyl adjacent to an activating group) is 1. The quantitative estimate of drug-likeness (QED) is 0.762. The summed E-state index contributed by atoms with van der Waals surface area (Å²) in [5.41, 5.74) is 2.92. The number of hydrogen-bond donors (Lipinski definition) is 0. The third-order valence-corrected chi connectivity index (χ3v) is 5.11. The number of rotatable bonds is 7. The molecular formula is C19H24N2O3S. The van der Waals surface area contributed by atoms with E-state index < -0.39 is 10.0 Å². The molecule has 0 bridgehead atoms. The summed E-state index contributed by atoms with van der Waals surface area (Å²) in [6, 6.07) is 17.2. The van der Waals surface area contributed by atoms with E-state index in [1.54, 1.807) is 11.9 Å². The van der Waals surface area contributed by atoms with Crippen LogP contribution in [-0.4, -0.2) is 43.4 Å². The van der Waals surface area contributed by atoms with Gasteiger partial charge in [0.1, 0.15) is 0 Å². The molecule has 2 aromatic rings. The van der Waals surface area contributed by atoms with E-state index in [0.29, 0.717) is 6.54 Å². The Bertz CT molecular complexity index is 820. The normalized spacial score (nSPS) is 11.5. The van der Waals surface area contributed by atoms with Crippen LogP contribution in [0.3, 0.4) is 0 Å². The molecule has 0 fully saturated rings. The standard InChI is InChI=1S/C19H24N2O3S/c1-16-8-7-11-18(12-16)14-21(25(3,23)24)15-19(22)20(2)13-17-9-5-4-6-10-17/h4-12H,13-15H2,1-3H3. The number of nitrogens with zero attached hydrogens (tertiary/aromatic N) is 2. The van der Waals surface area contributed by atoms with Gasteiger partial charge in [0.15, 0.2) is 0 Å². The van der Waals surface area contributed by atoms with Crippen LogP contribution in [0.4, 0.5) is 0 Å². The largest absolute Gasteiger partial charge is 0.340 e. The molecule has 0 N–H and O–H groups in total. The van der Waals surface area contributed by atoms with Crippen molar-refractivity contribution in [3.63, 3.8) is 0 Å². The van der Waals surface area contributed by atoms with Crippen molar-refractivity contribution >= 4 is 15.9 Å². The summed E-state index contributed by atoms with van der Waals surface area (Å²) in [6.07, 6.45) is 1.13. The molecule has 5 nitrogen and oxygen atoms in total. The topological polar surface area (TPSA) is 57.7 Å². The van der Waals surface area contributed by atoms with Gasteiger partial charge in [0.25, 0.3) is 0 Å². The molecule has 1 amide bonds. The molecule has 134 valence electrons. The first-order chi connectivity index (χ1) is 11.8. The zero-order chi connectivity index (χ0) is 18.4. The Morgan fingerprint density at radius 2 is 1.60 bits per heavy atom. The Hall–Kier alpha value is -2.18. The maximum Gasteiger partial charge on any atom is 0.237 e. The number of benzene rings is 2. The van der Waals surface area contributed by atoms with Crippen molar-refractivity contribution in [1.82, 2.24) is 9.21 Å². The van der Waals surface area contributed by atoms with Crippen LogP contribution in [0.2, 0.25) is 0 Å². The second kappa shape index (κ2) is 8.27. The van der Waals surface area contributed by atoms with E-state index in [-0.39, 0.29) is 19.0 Å². The van der Waals surface area contributed by atoms with Gasteiger partial charge in [-0.05, 0) is 18.1 Å². The van der Waals surface area contributed by atoms with Gasteiger partial charge in [-0.2, -0.15) is 4.31 Å². The second-order valence-electron chi connectivity index (χ2n) is 6.26. The minimum Gasteiger partial charge on any atom is -0.340 e. The van der Waals surface area contributed by atoms with Gasteiger partial charge in [-0.1, -0.05) is 60.2 Å². The molecule has 25 heavy (non-hydrogen) atoms. The summed E-state index contributed by atoms with van der Waals surface area (Å²) in [4.78, 5) is 14.0. The highest BCUT2D eigenvalue weighted by atomic mass is 32.2. The lowest BCUT2D eigenvalue weighted by Gasteiger charge is -2.24. The van der Waals surface area contributed by atoms with E-state index >= 15 is 0 Å². The van der Waals surface area contributed by atoms with Gasteiger partial charge in [-0.25, -0.2) is 8.42 Å².